The molecule has 16 heavy (non-hydrogen) atoms. The van der Waals surface area contributed by atoms with Gasteiger partial charge in [-0.15, -0.1) is 0 Å². The molecule has 0 aliphatic carbocycles. The minimum absolute atomic E-state index is 0.673. The van der Waals surface area contributed by atoms with Crippen LogP contribution >= 0.6 is 11.6 Å². The fourth-order valence-corrected chi connectivity index (χ4v) is 1.61. The molecule has 0 saturated heterocycles. The summed E-state index contributed by atoms with van der Waals surface area (Å²) in [7, 11) is 0. The molecular weight excluding hydrogens is 218 g/mol. The van der Waals surface area contributed by atoms with Gasteiger partial charge in [0, 0.05) is 6.21 Å². The summed E-state index contributed by atoms with van der Waals surface area (Å²) in [6.45, 7) is 2.06. The van der Waals surface area contributed by atoms with Crippen LogP contribution in [-0.2, 0) is 0 Å². The molecule has 80 valence electrons. The molecule has 0 heterocycles. The van der Waals surface area contributed by atoms with Gasteiger partial charge in [-0.1, -0.05) is 48.0 Å². The zero-order chi connectivity index (χ0) is 11.4. The van der Waals surface area contributed by atoms with Crippen molar-refractivity contribution in [3.05, 3.63) is 64.7 Å². The highest BCUT2D eigenvalue weighted by Crippen LogP contribution is 2.23. The second-order valence-electron chi connectivity index (χ2n) is 3.57. The first-order chi connectivity index (χ1) is 7.77. The highest BCUT2D eigenvalue weighted by molar-refractivity contribution is 6.33. The lowest BCUT2D eigenvalue weighted by molar-refractivity contribution is 1.44. The third kappa shape index (κ3) is 2.50. The van der Waals surface area contributed by atoms with Crippen molar-refractivity contribution >= 4 is 23.5 Å². The Labute approximate surface area is 100 Å². The molecule has 0 aromatic heterocycles. The zero-order valence-corrected chi connectivity index (χ0v) is 9.78. The fraction of sp³-hybridized carbons (Fsp3) is 0.0714. The van der Waals surface area contributed by atoms with E-state index >= 15 is 0 Å². The van der Waals surface area contributed by atoms with Gasteiger partial charge in [-0.2, -0.15) is 0 Å². The summed E-state index contributed by atoms with van der Waals surface area (Å²) in [5.74, 6) is 0. The van der Waals surface area contributed by atoms with Gasteiger partial charge in [-0.25, -0.2) is 0 Å². The van der Waals surface area contributed by atoms with E-state index in [0.717, 1.165) is 11.3 Å². The van der Waals surface area contributed by atoms with Crippen LogP contribution in [0.3, 0.4) is 0 Å². The summed E-state index contributed by atoms with van der Waals surface area (Å²) in [4.78, 5) is 4.38. The first kappa shape index (κ1) is 10.9. The molecule has 0 aliphatic heterocycles. The number of nitrogens with zero attached hydrogens (tertiary/aromatic N) is 1. The number of para-hydroxylation sites is 1. The van der Waals surface area contributed by atoms with Crippen LogP contribution in [0.1, 0.15) is 11.1 Å². The van der Waals surface area contributed by atoms with Crippen molar-refractivity contribution in [1.82, 2.24) is 0 Å². The summed E-state index contributed by atoms with van der Waals surface area (Å²) >= 11 is 6.02. The van der Waals surface area contributed by atoms with E-state index in [1.54, 1.807) is 0 Å². The summed E-state index contributed by atoms with van der Waals surface area (Å²) in [5, 5.41) is 0.673. The molecule has 0 N–H and O–H groups in total. The average Bonchev–Trinajstić information content (AvgIpc) is 2.30. The van der Waals surface area contributed by atoms with Crippen LogP contribution in [0.2, 0.25) is 5.02 Å². The van der Waals surface area contributed by atoms with Crippen molar-refractivity contribution in [2.24, 2.45) is 4.99 Å². The highest BCUT2D eigenvalue weighted by Gasteiger charge is 1.96. The zero-order valence-electron chi connectivity index (χ0n) is 9.02. The number of rotatable bonds is 2. The topological polar surface area (TPSA) is 12.4 Å². The van der Waals surface area contributed by atoms with E-state index in [4.69, 9.17) is 11.6 Å². The van der Waals surface area contributed by atoms with E-state index in [2.05, 4.69) is 18.0 Å². The van der Waals surface area contributed by atoms with Gasteiger partial charge in [0.2, 0.25) is 0 Å². The third-order valence-electron chi connectivity index (χ3n) is 2.38. The Balaban J connectivity index is 2.29. The van der Waals surface area contributed by atoms with Crippen LogP contribution in [0.25, 0.3) is 0 Å². The largest absolute Gasteiger partial charge is 0.255 e. The van der Waals surface area contributed by atoms with Crippen molar-refractivity contribution in [3.8, 4) is 0 Å². The molecule has 0 saturated carbocycles. The second kappa shape index (κ2) is 4.95. The van der Waals surface area contributed by atoms with E-state index in [-0.39, 0.29) is 0 Å². The summed E-state index contributed by atoms with van der Waals surface area (Å²) in [6, 6.07) is 15.7. The Morgan fingerprint density at radius 3 is 2.44 bits per heavy atom. The van der Waals surface area contributed by atoms with Gasteiger partial charge >= 0.3 is 0 Å². The Hall–Kier alpha value is -1.60. The van der Waals surface area contributed by atoms with Crippen LogP contribution in [0.5, 0.6) is 0 Å². The molecule has 2 aromatic carbocycles. The normalized spacial score (nSPS) is 10.9. The molecule has 0 atom stereocenters. The van der Waals surface area contributed by atoms with Gasteiger partial charge < -0.3 is 0 Å². The SMILES string of the molecule is Cc1ccccc1C=Nc1ccccc1Cl. The third-order valence-corrected chi connectivity index (χ3v) is 2.70. The average molecular weight is 230 g/mol. The van der Waals surface area contributed by atoms with Gasteiger partial charge in [-0.3, -0.25) is 4.99 Å². The van der Waals surface area contributed by atoms with Gasteiger partial charge in [0.15, 0.2) is 0 Å². The van der Waals surface area contributed by atoms with Gasteiger partial charge in [0.1, 0.15) is 0 Å². The maximum Gasteiger partial charge on any atom is 0.0816 e. The maximum absolute atomic E-state index is 6.02. The van der Waals surface area contributed by atoms with E-state index in [1.807, 2.05) is 48.7 Å². The van der Waals surface area contributed by atoms with Crippen LogP contribution in [0, 0.1) is 6.92 Å². The molecular formula is C14H12ClN. The van der Waals surface area contributed by atoms with E-state index in [1.165, 1.54) is 5.56 Å². The van der Waals surface area contributed by atoms with Crippen molar-refractivity contribution < 1.29 is 0 Å². The number of aliphatic imine (C=N–C) groups is 1. The molecule has 0 fully saturated rings. The lowest BCUT2D eigenvalue weighted by Crippen LogP contribution is -1.84. The number of halogens is 1. The van der Waals surface area contributed by atoms with E-state index < -0.39 is 0 Å². The molecule has 0 radical (unpaired) electrons. The van der Waals surface area contributed by atoms with Crippen molar-refractivity contribution in [3.63, 3.8) is 0 Å². The van der Waals surface area contributed by atoms with Crippen LogP contribution < -0.4 is 0 Å². The molecule has 0 spiro atoms. The number of aryl methyl sites for hydroxylation is 1. The summed E-state index contributed by atoms with van der Waals surface area (Å²) < 4.78 is 0. The predicted molar refractivity (Wildman–Crippen MR) is 69.9 cm³/mol. The van der Waals surface area contributed by atoms with E-state index in [9.17, 15) is 0 Å². The molecule has 0 amide bonds. The molecule has 0 aliphatic rings. The van der Waals surface area contributed by atoms with Crippen molar-refractivity contribution in [1.29, 1.82) is 0 Å². The number of hydrogen-bond acceptors (Lipinski definition) is 1. The number of hydrogen-bond donors (Lipinski definition) is 0. The monoisotopic (exact) mass is 229 g/mol. The maximum atomic E-state index is 6.02. The van der Waals surface area contributed by atoms with Gasteiger partial charge in [0.25, 0.3) is 0 Å². The fourth-order valence-electron chi connectivity index (χ4n) is 1.43. The van der Waals surface area contributed by atoms with Crippen LogP contribution in [-0.4, -0.2) is 6.21 Å². The molecule has 2 rings (SSSR count). The van der Waals surface area contributed by atoms with Crippen LogP contribution in [0.15, 0.2) is 53.5 Å². The lowest BCUT2D eigenvalue weighted by atomic mass is 10.1. The lowest BCUT2D eigenvalue weighted by Gasteiger charge is -1.99. The van der Waals surface area contributed by atoms with E-state index in [0.29, 0.717) is 5.02 Å². The number of benzene rings is 2. The first-order valence-electron chi connectivity index (χ1n) is 5.11. The minimum atomic E-state index is 0.673. The van der Waals surface area contributed by atoms with Gasteiger partial charge in [-0.05, 0) is 30.2 Å². The van der Waals surface area contributed by atoms with Crippen molar-refractivity contribution in [2.45, 2.75) is 6.92 Å². The first-order valence-corrected chi connectivity index (χ1v) is 5.49. The molecule has 0 unspecified atom stereocenters. The molecule has 2 heteroatoms. The smallest absolute Gasteiger partial charge is 0.0816 e. The van der Waals surface area contributed by atoms with Crippen molar-refractivity contribution in [2.75, 3.05) is 0 Å². The summed E-state index contributed by atoms with van der Waals surface area (Å²) in [6.07, 6.45) is 1.84. The standard InChI is InChI=1S/C14H12ClN/c1-11-6-2-3-7-12(11)10-16-14-9-5-4-8-13(14)15/h2-10H,1H3. The predicted octanol–water partition coefficient (Wildman–Crippen LogP) is 4.40. The Morgan fingerprint density at radius 1 is 1.00 bits per heavy atom. The molecule has 1 nitrogen and oxygen atoms in total. The van der Waals surface area contributed by atoms with Crippen LogP contribution in [0.4, 0.5) is 5.69 Å². The summed E-state index contributed by atoms with van der Waals surface area (Å²) in [5.41, 5.74) is 3.12. The highest BCUT2D eigenvalue weighted by atomic mass is 35.5. The minimum Gasteiger partial charge on any atom is -0.255 e. The Morgan fingerprint density at radius 2 is 1.69 bits per heavy atom. The Bertz CT molecular complexity index is 470. The Kier molecular flexibility index (Phi) is 3.37. The quantitative estimate of drug-likeness (QED) is 0.677. The van der Waals surface area contributed by atoms with Gasteiger partial charge in [0.05, 0.1) is 10.7 Å². The second-order valence-corrected chi connectivity index (χ2v) is 3.97. The molecule has 2 aromatic rings. The molecule has 0 bridgehead atoms.